The van der Waals surface area contributed by atoms with E-state index in [0.29, 0.717) is 29.4 Å². The average molecular weight is 381 g/mol. The Kier molecular flexibility index (Phi) is 7.34. The maximum absolute atomic E-state index is 13.6. The normalized spacial score (nSPS) is 11.4. The molecule has 0 amide bonds. The second kappa shape index (κ2) is 9.70. The minimum Gasteiger partial charge on any atom is -0.497 e. The third kappa shape index (κ3) is 6.09. The second-order valence-electron chi connectivity index (χ2n) is 5.72. The van der Waals surface area contributed by atoms with Crippen molar-refractivity contribution in [2.75, 3.05) is 14.2 Å². The van der Waals surface area contributed by atoms with Gasteiger partial charge in [-0.25, -0.2) is 4.39 Å². The van der Waals surface area contributed by atoms with Crippen molar-refractivity contribution in [1.29, 1.82) is 0 Å². The van der Waals surface area contributed by atoms with E-state index in [4.69, 9.17) is 4.74 Å². The third-order valence-electron chi connectivity index (χ3n) is 3.85. The molecule has 27 heavy (non-hydrogen) atoms. The fourth-order valence-electron chi connectivity index (χ4n) is 2.36. The average Bonchev–Trinajstić information content (AvgIpc) is 2.65. The van der Waals surface area contributed by atoms with Crippen LogP contribution in [0.1, 0.15) is 16.7 Å². The van der Waals surface area contributed by atoms with Crippen molar-refractivity contribution in [2.45, 2.75) is 26.6 Å². The van der Waals surface area contributed by atoms with Crippen LogP contribution in [0.3, 0.4) is 0 Å². The van der Waals surface area contributed by atoms with Gasteiger partial charge in [0.25, 0.3) is 0 Å². The van der Waals surface area contributed by atoms with Gasteiger partial charge in [-0.3, -0.25) is 4.99 Å². The van der Waals surface area contributed by atoms with Crippen LogP contribution >= 0.6 is 0 Å². The second-order valence-corrected chi connectivity index (χ2v) is 5.72. The molecule has 0 fully saturated rings. The lowest BCUT2D eigenvalue weighted by atomic mass is 10.1. The lowest BCUT2D eigenvalue weighted by molar-refractivity contribution is -0.0504. The van der Waals surface area contributed by atoms with Gasteiger partial charge in [0.2, 0.25) is 0 Å². The zero-order chi connectivity index (χ0) is 19.8. The van der Waals surface area contributed by atoms with E-state index >= 15 is 0 Å². The van der Waals surface area contributed by atoms with Gasteiger partial charge in [-0.1, -0.05) is 12.1 Å². The van der Waals surface area contributed by atoms with E-state index in [-0.39, 0.29) is 18.1 Å². The van der Waals surface area contributed by atoms with E-state index in [1.54, 1.807) is 32.2 Å². The molecule has 0 unspecified atom stereocenters. The van der Waals surface area contributed by atoms with Gasteiger partial charge in [-0.05, 0) is 42.3 Å². The molecule has 2 rings (SSSR count). The summed E-state index contributed by atoms with van der Waals surface area (Å²) in [6, 6.07) is 9.54. The van der Waals surface area contributed by atoms with Gasteiger partial charge in [0, 0.05) is 25.7 Å². The zero-order valence-corrected chi connectivity index (χ0v) is 15.4. The molecule has 0 radical (unpaired) electrons. The standard InChI is InChI=1S/C19H22F3N3O2/c1-12-4-5-13(8-16(12)20)10-24-19(23-2)25-11-14-9-15(26-3)6-7-17(14)27-18(21)22/h4-9,18H,10-11H2,1-3H3,(H2,23,24,25). The Bertz CT molecular complexity index is 798. The highest BCUT2D eigenvalue weighted by Gasteiger charge is 2.11. The number of ether oxygens (including phenoxy) is 2. The molecule has 0 saturated carbocycles. The van der Waals surface area contributed by atoms with Crippen LogP contribution in [-0.2, 0) is 13.1 Å². The topological polar surface area (TPSA) is 54.9 Å². The van der Waals surface area contributed by atoms with Crippen LogP contribution < -0.4 is 20.1 Å². The van der Waals surface area contributed by atoms with Crippen LogP contribution in [0.5, 0.6) is 11.5 Å². The predicted octanol–water partition coefficient (Wildman–Crippen LogP) is 3.61. The highest BCUT2D eigenvalue weighted by atomic mass is 19.3. The highest BCUT2D eigenvalue weighted by Crippen LogP contribution is 2.25. The van der Waals surface area contributed by atoms with E-state index in [1.165, 1.54) is 19.2 Å². The van der Waals surface area contributed by atoms with Gasteiger partial charge in [-0.15, -0.1) is 0 Å². The number of nitrogens with zero attached hydrogens (tertiary/aromatic N) is 1. The van der Waals surface area contributed by atoms with Gasteiger partial charge in [0.15, 0.2) is 5.96 Å². The molecule has 2 aromatic carbocycles. The Balaban J connectivity index is 2.01. The predicted molar refractivity (Wildman–Crippen MR) is 97.8 cm³/mol. The summed E-state index contributed by atoms with van der Waals surface area (Å²) >= 11 is 0. The molecule has 0 aliphatic carbocycles. The van der Waals surface area contributed by atoms with Crippen molar-refractivity contribution in [1.82, 2.24) is 10.6 Å². The number of benzene rings is 2. The smallest absolute Gasteiger partial charge is 0.387 e. The molecule has 0 aromatic heterocycles. The molecule has 2 N–H and O–H groups in total. The minimum atomic E-state index is -2.92. The van der Waals surface area contributed by atoms with E-state index in [0.717, 1.165) is 5.56 Å². The molecule has 0 aliphatic heterocycles. The van der Waals surface area contributed by atoms with Crippen molar-refractivity contribution < 1.29 is 22.6 Å². The number of aliphatic imine (C=N–C) groups is 1. The molecule has 146 valence electrons. The van der Waals surface area contributed by atoms with Gasteiger partial charge >= 0.3 is 6.61 Å². The van der Waals surface area contributed by atoms with Gasteiger partial charge < -0.3 is 20.1 Å². The number of nitrogens with one attached hydrogen (secondary N) is 2. The largest absolute Gasteiger partial charge is 0.497 e. The first-order chi connectivity index (χ1) is 12.9. The summed E-state index contributed by atoms with van der Waals surface area (Å²) in [6.45, 7) is -0.692. The summed E-state index contributed by atoms with van der Waals surface area (Å²) in [7, 11) is 3.06. The van der Waals surface area contributed by atoms with E-state index in [1.807, 2.05) is 6.07 Å². The number of halogens is 3. The molecule has 0 bridgehead atoms. The molecule has 2 aromatic rings. The minimum absolute atomic E-state index is 0.0503. The number of hydrogen-bond donors (Lipinski definition) is 2. The maximum atomic E-state index is 13.6. The summed E-state index contributed by atoms with van der Waals surface area (Å²) < 4.78 is 48.4. The summed E-state index contributed by atoms with van der Waals surface area (Å²) in [5.41, 5.74) is 1.81. The summed E-state index contributed by atoms with van der Waals surface area (Å²) in [6.07, 6.45) is 0. The maximum Gasteiger partial charge on any atom is 0.387 e. The Morgan fingerprint density at radius 3 is 2.48 bits per heavy atom. The van der Waals surface area contributed by atoms with Gasteiger partial charge in [0.05, 0.1) is 7.11 Å². The van der Waals surface area contributed by atoms with Crippen LogP contribution in [-0.4, -0.2) is 26.7 Å². The van der Waals surface area contributed by atoms with Crippen molar-refractivity contribution >= 4 is 5.96 Å². The molecule has 0 atom stereocenters. The molecule has 0 heterocycles. The molecule has 0 spiro atoms. The first-order valence-electron chi connectivity index (χ1n) is 8.24. The van der Waals surface area contributed by atoms with Crippen LogP contribution in [0, 0.1) is 12.7 Å². The van der Waals surface area contributed by atoms with Crippen molar-refractivity contribution in [3.05, 3.63) is 58.9 Å². The monoisotopic (exact) mass is 381 g/mol. The van der Waals surface area contributed by atoms with Crippen LogP contribution in [0.15, 0.2) is 41.4 Å². The van der Waals surface area contributed by atoms with Crippen molar-refractivity contribution in [2.24, 2.45) is 4.99 Å². The zero-order valence-electron chi connectivity index (χ0n) is 15.4. The summed E-state index contributed by atoms with van der Waals surface area (Å²) in [5, 5.41) is 6.06. The first kappa shape index (κ1) is 20.4. The first-order valence-corrected chi connectivity index (χ1v) is 8.24. The summed E-state index contributed by atoms with van der Waals surface area (Å²) in [5.74, 6) is 0.727. The number of guanidine groups is 1. The highest BCUT2D eigenvalue weighted by molar-refractivity contribution is 5.79. The molecule has 0 saturated heterocycles. The van der Waals surface area contributed by atoms with Crippen LogP contribution in [0.2, 0.25) is 0 Å². The van der Waals surface area contributed by atoms with E-state index < -0.39 is 6.61 Å². The van der Waals surface area contributed by atoms with Crippen molar-refractivity contribution in [3.8, 4) is 11.5 Å². The van der Waals surface area contributed by atoms with Crippen LogP contribution in [0.25, 0.3) is 0 Å². The fourth-order valence-corrected chi connectivity index (χ4v) is 2.36. The Morgan fingerprint density at radius 1 is 1.11 bits per heavy atom. The quantitative estimate of drug-likeness (QED) is 0.568. The van der Waals surface area contributed by atoms with Crippen LogP contribution in [0.4, 0.5) is 13.2 Å². The molecular weight excluding hydrogens is 359 g/mol. The number of hydrogen-bond acceptors (Lipinski definition) is 3. The van der Waals surface area contributed by atoms with Gasteiger partial charge in [-0.2, -0.15) is 8.78 Å². The summed E-state index contributed by atoms with van der Waals surface area (Å²) in [4.78, 5) is 4.07. The lowest BCUT2D eigenvalue weighted by Gasteiger charge is -2.15. The van der Waals surface area contributed by atoms with Gasteiger partial charge in [0.1, 0.15) is 17.3 Å². The molecule has 5 nitrogen and oxygen atoms in total. The molecule has 0 aliphatic rings. The number of methoxy groups -OCH3 is 1. The van der Waals surface area contributed by atoms with Crippen molar-refractivity contribution in [3.63, 3.8) is 0 Å². The number of alkyl halides is 2. The SMILES string of the molecule is CN=C(NCc1ccc(C)c(F)c1)NCc1cc(OC)ccc1OC(F)F. The van der Waals surface area contributed by atoms with E-state index in [2.05, 4.69) is 20.4 Å². The Hall–Kier alpha value is -2.90. The lowest BCUT2D eigenvalue weighted by Crippen LogP contribution is -2.36. The fraction of sp³-hybridized carbons (Fsp3) is 0.316. The number of rotatable bonds is 7. The molecular formula is C19H22F3N3O2. The Labute approximate surface area is 156 Å². The van der Waals surface area contributed by atoms with E-state index in [9.17, 15) is 13.2 Å². The Morgan fingerprint density at radius 2 is 1.85 bits per heavy atom. The molecule has 8 heteroatoms. The third-order valence-corrected chi connectivity index (χ3v) is 3.85. The number of aryl methyl sites for hydroxylation is 1.